The Morgan fingerprint density at radius 3 is 2.71 bits per heavy atom. The lowest BCUT2D eigenvalue weighted by Crippen LogP contribution is -2.71. The smallest absolute Gasteiger partial charge is 0.352 e. The van der Waals surface area contributed by atoms with E-state index in [0.29, 0.717) is 11.3 Å². The molecule has 1 saturated heterocycles. The average molecular weight is 510 g/mol. The van der Waals surface area contributed by atoms with Crippen LogP contribution < -0.4 is 11.1 Å². The summed E-state index contributed by atoms with van der Waals surface area (Å²) in [4.78, 5) is 59.3. The van der Waals surface area contributed by atoms with Crippen LogP contribution in [0.4, 0.5) is 5.13 Å². The summed E-state index contributed by atoms with van der Waals surface area (Å²) in [6.45, 7) is 8.05. The van der Waals surface area contributed by atoms with Gasteiger partial charge in [-0.2, -0.15) is 0 Å². The van der Waals surface area contributed by atoms with Crippen LogP contribution in [-0.2, 0) is 28.8 Å². The summed E-state index contributed by atoms with van der Waals surface area (Å²) >= 11 is 2.36. The largest absolute Gasteiger partial charge is 0.477 e. The number of oxime groups is 1. The number of carbonyl (C=O) groups excluding carboxylic acids is 3. The Hall–Kier alpha value is -3.39. The van der Waals surface area contributed by atoms with Gasteiger partial charge in [0.2, 0.25) is 0 Å². The molecule has 1 aromatic rings. The number of aliphatic carboxylic acids is 1. The third kappa shape index (κ3) is 5.07. The monoisotopic (exact) mass is 509 g/mol. The maximum absolute atomic E-state index is 13.0. The summed E-state index contributed by atoms with van der Waals surface area (Å²) in [5, 5.41) is 16.8. The number of hydrogen-bond donors (Lipinski definition) is 3. The molecule has 0 aromatic carbocycles. The van der Waals surface area contributed by atoms with E-state index in [1.165, 1.54) is 23.2 Å². The van der Waals surface area contributed by atoms with Gasteiger partial charge in [-0.25, -0.2) is 9.78 Å². The van der Waals surface area contributed by atoms with E-state index in [4.69, 9.17) is 15.3 Å². The van der Waals surface area contributed by atoms with Crippen LogP contribution in [0.25, 0.3) is 0 Å². The first-order chi connectivity index (χ1) is 16.0. The van der Waals surface area contributed by atoms with E-state index in [-0.39, 0.29) is 22.2 Å². The number of β-lactam (4-membered cyclic amide) rings is 1. The van der Waals surface area contributed by atoms with Crippen molar-refractivity contribution in [2.24, 2.45) is 10.6 Å². The van der Waals surface area contributed by atoms with Gasteiger partial charge >= 0.3 is 11.9 Å². The molecule has 1 unspecified atom stereocenters. The van der Waals surface area contributed by atoms with Gasteiger partial charge in [-0.05, 0) is 26.3 Å². The number of nitrogens with zero attached hydrogens (tertiary/aromatic N) is 3. The van der Waals surface area contributed by atoms with Crippen LogP contribution in [-0.4, -0.2) is 68.4 Å². The van der Waals surface area contributed by atoms with Crippen LogP contribution in [0.3, 0.4) is 0 Å². The van der Waals surface area contributed by atoms with Crippen molar-refractivity contribution < 1.29 is 33.9 Å². The number of hydrogen-bond acceptors (Lipinski definition) is 11. The number of allylic oxidation sites excluding steroid dienone is 1. The summed E-state index contributed by atoms with van der Waals surface area (Å²) in [5.41, 5.74) is 4.99. The molecular formula is C20H23N5O7S2. The van der Waals surface area contributed by atoms with E-state index < -0.39 is 47.4 Å². The number of nitrogen functional groups attached to an aromatic ring is 1. The topological polar surface area (TPSA) is 174 Å². The van der Waals surface area contributed by atoms with Crippen LogP contribution in [0.5, 0.6) is 0 Å². The molecule has 2 amide bonds. The van der Waals surface area contributed by atoms with Crippen molar-refractivity contribution in [1.82, 2.24) is 15.2 Å². The Morgan fingerprint density at radius 1 is 1.44 bits per heavy atom. The molecule has 0 saturated carbocycles. The van der Waals surface area contributed by atoms with E-state index in [9.17, 15) is 24.3 Å². The Morgan fingerprint density at radius 2 is 2.15 bits per heavy atom. The van der Waals surface area contributed by atoms with Crippen molar-refractivity contribution in [3.8, 4) is 0 Å². The van der Waals surface area contributed by atoms with Crippen molar-refractivity contribution in [2.75, 3.05) is 18.3 Å². The first-order valence-corrected chi connectivity index (χ1v) is 11.8. The second kappa shape index (κ2) is 9.85. The van der Waals surface area contributed by atoms with E-state index >= 15 is 0 Å². The maximum atomic E-state index is 13.0. The first kappa shape index (κ1) is 25.2. The molecule has 14 heteroatoms. The zero-order valence-electron chi connectivity index (χ0n) is 18.6. The van der Waals surface area contributed by atoms with Crippen molar-refractivity contribution >= 4 is 57.7 Å². The number of rotatable bonds is 8. The van der Waals surface area contributed by atoms with E-state index in [1.54, 1.807) is 20.8 Å². The first-order valence-electron chi connectivity index (χ1n) is 9.88. The van der Waals surface area contributed by atoms with E-state index in [1.807, 2.05) is 0 Å². The molecule has 1 fully saturated rings. The fourth-order valence-corrected chi connectivity index (χ4v) is 4.89. The number of thiazole rings is 1. The number of carbonyl (C=O) groups is 4. The molecule has 34 heavy (non-hydrogen) atoms. The standard InChI is InChI=1S/C20H23N5O7S2/c1-5-9-6-33-16-12(15(27)25(16)13(9)17(28)29)23-14(26)11(10-7-34-19(21)22-10)24-32-8-31-18(30)20(2,3)4/h5,7,12,16H,1,6,8H2,2-4H3,(H2,21,22)(H,23,26)(H,28,29)/b24-11+/t12-,16?/m1/s1. The van der Waals surface area contributed by atoms with Crippen LogP contribution >= 0.6 is 23.1 Å². The van der Waals surface area contributed by atoms with Crippen molar-refractivity contribution in [3.05, 3.63) is 35.0 Å². The van der Waals surface area contributed by atoms with Crippen LogP contribution in [0, 0.1) is 5.41 Å². The number of ether oxygens (including phenoxy) is 1. The molecule has 0 spiro atoms. The summed E-state index contributed by atoms with van der Waals surface area (Å²) < 4.78 is 4.96. The second-order valence-corrected chi connectivity index (χ2v) is 10.2. The van der Waals surface area contributed by atoms with Crippen LogP contribution in [0.2, 0.25) is 0 Å². The third-order valence-corrected chi connectivity index (χ3v) is 6.70. The Balaban J connectivity index is 1.74. The molecule has 0 radical (unpaired) electrons. The van der Waals surface area contributed by atoms with Gasteiger partial charge in [0.15, 0.2) is 10.8 Å². The van der Waals surface area contributed by atoms with Crippen molar-refractivity contribution in [2.45, 2.75) is 32.2 Å². The Kier molecular flexibility index (Phi) is 7.31. The molecular weight excluding hydrogens is 486 g/mol. The highest BCUT2D eigenvalue weighted by molar-refractivity contribution is 8.00. The van der Waals surface area contributed by atoms with Gasteiger partial charge in [-0.3, -0.25) is 19.3 Å². The number of carboxylic acid groups (broad SMARTS) is 1. The molecule has 12 nitrogen and oxygen atoms in total. The molecule has 2 aliphatic heterocycles. The zero-order chi connectivity index (χ0) is 25.2. The normalized spacial score (nSPS) is 20.3. The van der Waals surface area contributed by atoms with E-state index in [0.717, 1.165) is 16.2 Å². The average Bonchev–Trinajstić information content (AvgIpc) is 3.20. The molecule has 1 aromatic heterocycles. The highest BCUT2D eigenvalue weighted by Crippen LogP contribution is 2.40. The van der Waals surface area contributed by atoms with Gasteiger partial charge in [0, 0.05) is 11.1 Å². The minimum Gasteiger partial charge on any atom is -0.477 e. The molecule has 0 aliphatic carbocycles. The number of thioether (sulfide) groups is 1. The molecule has 4 N–H and O–H groups in total. The summed E-state index contributed by atoms with van der Waals surface area (Å²) in [7, 11) is 0. The van der Waals surface area contributed by atoms with E-state index in [2.05, 4.69) is 22.0 Å². The third-order valence-electron chi connectivity index (χ3n) is 4.72. The maximum Gasteiger partial charge on any atom is 0.352 e. The highest BCUT2D eigenvalue weighted by Gasteiger charge is 2.54. The number of carboxylic acids is 1. The predicted molar refractivity (Wildman–Crippen MR) is 124 cm³/mol. The fourth-order valence-electron chi connectivity index (χ4n) is 3.00. The van der Waals surface area contributed by atoms with Gasteiger partial charge in [-0.1, -0.05) is 17.8 Å². The molecule has 182 valence electrons. The molecule has 2 aliphatic rings. The molecule has 3 rings (SSSR count). The summed E-state index contributed by atoms with van der Waals surface area (Å²) in [5.74, 6) is -2.84. The van der Waals surface area contributed by atoms with Crippen molar-refractivity contribution in [3.63, 3.8) is 0 Å². The molecule has 3 heterocycles. The highest BCUT2D eigenvalue weighted by atomic mass is 32.2. The Labute approximate surface area is 202 Å². The van der Waals surface area contributed by atoms with Gasteiger partial charge < -0.3 is 25.7 Å². The number of aromatic nitrogens is 1. The van der Waals surface area contributed by atoms with Crippen molar-refractivity contribution in [1.29, 1.82) is 0 Å². The zero-order valence-corrected chi connectivity index (χ0v) is 20.2. The fraction of sp³-hybridized carbons (Fsp3) is 0.400. The Bertz CT molecular complexity index is 1110. The molecule has 2 atom stereocenters. The summed E-state index contributed by atoms with van der Waals surface area (Å²) in [6.07, 6.45) is 1.40. The lowest BCUT2D eigenvalue weighted by Gasteiger charge is -2.49. The summed E-state index contributed by atoms with van der Waals surface area (Å²) in [6, 6.07) is -0.988. The minimum absolute atomic E-state index is 0.0992. The quantitative estimate of drug-likeness (QED) is 0.114. The van der Waals surface area contributed by atoms with Gasteiger partial charge in [0.05, 0.1) is 5.41 Å². The second-order valence-electron chi connectivity index (χ2n) is 8.18. The van der Waals surface area contributed by atoms with Gasteiger partial charge in [0.1, 0.15) is 22.8 Å². The number of fused-ring (bicyclic) bond motifs is 1. The van der Waals surface area contributed by atoms with Gasteiger partial charge in [0.25, 0.3) is 18.6 Å². The number of anilines is 1. The lowest BCUT2D eigenvalue weighted by atomic mass is 9.98. The van der Waals surface area contributed by atoms with Crippen LogP contribution in [0.1, 0.15) is 26.5 Å². The number of amides is 2. The van der Waals surface area contributed by atoms with Gasteiger partial charge in [-0.15, -0.1) is 23.1 Å². The number of esters is 1. The SMILES string of the molecule is C=CC1=C(C(=O)O)N2C(=O)[C@@H](NC(=O)/C(=N/OCOC(=O)C(C)(C)C)c3csc(N)n3)C2SC1. The number of nitrogens with one attached hydrogen (secondary N) is 1. The lowest BCUT2D eigenvalue weighted by molar-refractivity contribution is -0.165. The number of nitrogens with two attached hydrogens (primary N) is 1. The minimum atomic E-state index is -1.25. The van der Waals surface area contributed by atoms with Crippen LogP contribution in [0.15, 0.2) is 34.5 Å². The predicted octanol–water partition coefficient (Wildman–Crippen LogP) is 0.917. The molecule has 0 bridgehead atoms.